The lowest BCUT2D eigenvalue weighted by Gasteiger charge is -1.97. The Labute approximate surface area is 118 Å². The van der Waals surface area contributed by atoms with Gasteiger partial charge in [-0.1, -0.05) is 29.3 Å². The molecule has 1 aromatic heterocycles. The first-order valence-electron chi connectivity index (χ1n) is 5.20. The van der Waals surface area contributed by atoms with E-state index in [1.54, 1.807) is 12.1 Å². The van der Waals surface area contributed by atoms with Gasteiger partial charge in [-0.15, -0.1) is 11.3 Å². The molecule has 2 nitrogen and oxygen atoms in total. The van der Waals surface area contributed by atoms with E-state index in [1.807, 2.05) is 23.6 Å². The quantitative estimate of drug-likeness (QED) is 0.769. The lowest BCUT2D eigenvalue weighted by molar-refractivity contribution is -0.110. The summed E-state index contributed by atoms with van der Waals surface area (Å²) in [5.74, 6) is -0.114. The van der Waals surface area contributed by atoms with Crippen LogP contribution >= 0.6 is 34.5 Å². The summed E-state index contributed by atoms with van der Waals surface area (Å²) >= 11 is 13.3. The number of amides is 1. The third-order valence-corrected chi connectivity index (χ3v) is 4.10. The van der Waals surface area contributed by atoms with Crippen LogP contribution < -0.4 is 5.32 Å². The number of anilines is 1. The highest BCUT2D eigenvalue weighted by Gasteiger charge is 2.24. The molecular weight excluding hydrogens is 289 g/mol. The largest absolute Gasteiger partial charge is 0.321 e. The first-order chi connectivity index (χ1) is 8.63. The summed E-state index contributed by atoms with van der Waals surface area (Å²) < 4.78 is 0. The van der Waals surface area contributed by atoms with E-state index in [-0.39, 0.29) is 5.91 Å². The van der Waals surface area contributed by atoms with Crippen molar-refractivity contribution in [1.29, 1.82) is 0 Å². The second-order valence-electron chi connectivity index (χ2n) is 3.87. The van der Waals surface area contributed by atoms with Gasteiger partial charge in [-0.05, 0) is 24.3 Å². The number of thiophene rings is 1. The van der Waals surface area contributed by atoms with Gasteiger partial charge in [-0.2, -0.15) is 0 Å². The number of rotatable bonds is 1. The number of fused-ring (bicyclic) bond motifs is 1. The Kier molecular flexibility index (Phi) is 2.90. The van der Waals surface area contributed by atoms with Gasteiger partial charge in [0.05, 0.1) is 16.3 Å². The third kappa shape index (κ3) is 2.05. The lowest BCUT2D eigenvalue weighted by atomic mass is 10.1. The molecular formula is C13H7Cl2NOS. The molecule has 90 valence electrons. The summed E-state index contributed by atoms with van der Waals surface area (Å²) in [4.78, 5) is 12.9. The molecule has 0 radical (unpaired) electrons. The van der Waals surface area contributed by atoms with Gasteiger partial charge in [-0.3, -0.25) is 4.79 Å². The molecule has 3 rings (SSSR count). The zero-order chi connectivity index (χ0) is 12.7. The Balaban J connectivity index is 2.09. The number of hydrogen-bond acceptors (Lipinski definition) is 2. The minimum absolute atomic E-state index is 0.114. The van der Waals surface area contributed by atoms with Crippen molar-refractivity contribution in [1.82, 2.24) is 0 Å². The molecule has 0 saturated heterocycles. The SMILES string of the molecule is O=C1Nc2cc(Cl)ccc2/C1=C\c1cc(Cl)cs1. The average molecular weight is 296 g/mol. The van der Waals surface area contributed by atoms with Gasteiger partial charge in [0.2, 0.25) is 0 Å². The Hall–Kier alpha value is -1.29. The zero-order valence-electron chi connectivity index (χ0n) is 9.04. The summed E-state index contributed by atoms with van der Waals surface area (Å²) in [6, 6.07) is 7.20. The summed E-state index contributed by atoms with van der Waals surface area (Å²) in [6.45, 7) is 0. The van der Waals surface area contributed by atoms with Crippen molar-refractivity contribution in [3.05, 3.63) is 50.1 Å². The predicted octanol–water partition coefficient (Wildman–Crippen LogP) is 4.55. The maximum absolute atomic E-state index is 11.9. The van der Waals surface area contributed by atoms with Crippen molar-refractivity contribution >= 4 is 57.8 Å². The third-order valence-electron chi connectivity index (χ3n) is 2.64. The normalized spacial score (nSPS) is 15.9. The van der Waals surface area contributed by atoms with Crippen molar-refractivity contribution < 1.29 is 4.79 Å². The van der Waals surface area contributed by atoms with Crippen molar-refractivity contribution in [3.63, 3.8) is 0 Å². The topological polar surface area (TPSA) is 29.1 Å². The van der Waals surface area contributed by atoms with Crippen LogP contribution in [-0.4, -0.2) is 5.91 Å². The van der Waals surface area contributed by atoms with E-state index < -0.39 is 0 Å². The molecule has 2 heterocycles. The molecule has 0 bridgehead atoms. The van der Waals surface area contributed by atoms with Crippen molar-refractivity contribution in [2.24, 2.45) is 0 Å². The maximum Gasteiger partial charge on any atom is 0.256 e. The van der Waals surface area contributed by atoms with E-state index in [4.69, 9.17) is 23.2 Å². The fraction of sp³-hybridized carbons (Fsp3) is 0. The Bertz CT molecular complexity index is 675. The summed E-state index contributed by atoms with van der Waals surface area (Å²) in [7, 11) is 0. The van der Waals surface area contributed by atoms with Crippen LogP contribution in [0.3, 0.4) is 0 Å². The van der Waals surface area contributed by atoms with Crippen LogP contribution in [-0.2, 0) is 4.79 Å². The van der Waals surface area contributed by atoms with E-state index in [0.717, 1.165) is 16.1 Å². The fourth-order valence-corrected chi connectivity index (χ4v) is 3.04. The van der Waals surface area contributed by atoms with Crippen molar-refractivity contribution in [2.45, 2.75) is 0 Å². The van der Waals surface area contributed by atoms with Gasteiger partial charge in [-0.25, -0.2) is 0 Å². The summed E-state index contributed by atoms with van der Waals surface area (Å²) in [6.07, 6.45) is 1.84. The highest BCUT2D eigenvalue weighted by Crippen LogP contribution is 2.35. The van der Waals surface area contributed by atoms with Gasteiger partial charge in [0.15, 0.2) is 0 Å². The van der Waals surface area contributed by atoms with E-state index in [2.05, 4.69) is 5.32 Å². The number of halogens is 2. The molecule has 0 atom stereocenters. The minimum atomic E-state index is -0.114. The predicted molar refractivity (Wildman–Crippen MR) is 77.3 cm³/mol. The summed E-state index contributed by atoms with van der Waals surface area (Å²) in [5.41, 5.74) is 2.26. The van der Waals surface area contributed by atoms with Crippen LogP contribution in [0.2, 0.25) is 10.0 Å². The molecule has 0 saturated carbocycles. The number of nitrogens with one attached hydrogen (secondary N) is 1. The Morgan fingerprint density at radius 3 is 2.72 bits per heavy atom. The van der Waals surface area contributed by atoms with Crippen LogP contribution in [0.25, 0.3) is 11.6 Å². The molecule has 5 heteroatoms. The number of benzene rings is 1. The first kappa shape index (κ1) is 11.8. The molecule has 1 aromatic carbocycles. The maximum atomic E-state index is 11.9. The van der Waals surface area contributed by atoms with Crippen LogP contribution in [0.1, 0.15) is 10.4 Å². The zero-order valence-corrected chi connectivity index (χ0v) is 11.4. The molecule has 1 N–H and O–H groups in total. The van der Waals surface area contributed by atoms with Gasteiger partial charge in [0.1, 0.15) is 0 Å². The smallest absolute Gasteiger partial charge is 0.256 e. The molecule has 18 heavy (non-hydrogen) atoms. The lowest BCUT2D eigenvalue weighted by Crippen LogP contribution is -2.03. The van der Waals surface area contributed by atoms with E-state index in [9.17, 15) is 4.79 Å². The first-order valence-corrected chi connectivity index (χ1v) is 6.84. The molecule has 0 aliphatic carbocycles. The Morgan fingerprint density at radius 1 is 1.17 bits per heavy atom. The van der Waals surface area contributed by atoms with Crippen molar-refractivity contribution in [3.8, 4) is 0 Å². The van der Waals surface area contributed by atoms with Gasteiger partial charge < -0.3 is 5.32 Å². The second-order valence-corrected chi connectivity index (χ2v) is 5.69. The second kappa shape index (κ2) is 4.43. The van der Waals surface area contributed by atoms with Gasteiger partial charge in [0.25, 0.3) is 5.91 Å². The Morgan fingerprint density at radius 2 is 2.00 bits per heavy atom. The highest BCUT2D eigenvalue weighted by atomic mass is 35.5. The average Bonchev–Trinajstić information content (AvgIpc) is 2.84. The molecule has 0 fully saturated rings. The molecule has 1 aliphatic heterocycles. The number of hydrogen-bond donors (Lipinski definition) is 1. The van der Waals surface area contributed by atoms with Gasteiger partial charge >= 0.3 is 0 Å². The summed E-state index contributed by atoms with van der Waals surface area (Å²) in [5, 5.41) is 5.92. The molecule has 0 unspecified atom stereocenters. The van der Waals surface area contributed by atoms with Crippen LogP contribution in [0.15, 0.2) is 29.6 Å². The van der Waals surface area contributed by atoms with Crippen molar-refractivity contribution in [2.75, 3.05) is 5.32 Å². The van der Waals surface area contributed by atoms with Crippen LogP contribution in [0.4, 0.5) is 5.69 Å². The van der Waals surface area contributed by atoms with Crippen LogP contribution in [0, 0.1) is 0 Å². The standard InChI is InChI=1S/C13H7Cl2NOS/c14-7-1-2-10-11(13(17)16-12(10)4-7)5-9-3-8(15)6-18-9/h1-6H,(H,16,17)/b11-5+. The molecule has 0 spiro atoms. The minimum Gasteiger partial charge on any atom is -0.321 e. The molecule has 1 amide bonds. The van der Waals surface area contributed by atoms with E-state index in [1.165, 1.54) is 11.3 Å². The molecule has 2 aromatic rings. The fourth-order valence-electron chi connectivity index (χ4n) is 1.86. The van der Waals surface area contributed by atoms with Gasteiger partial charge in [0, 0.05) is 20.8 Å². The highest BCUT2D eigenvalue weighted by molar-refractivity contribution is 7.11. The number of carbonyl (C=O) groups excluding carboxylic acids is 1. The van der Waals surface area contributed by atoms with Crippen LogP contribution in [0.5, 0.6) is 0 Å². The van der Waals surface area contributed by atoms with E-state index in [0.29, 0.717) is 15.6 Å². The van der Waals surface area contributed by atoms with E-state index >= 15 is 0 Å². The number of carbonyl (C=O) groups is 1. The molecule has 1 aliphatic rings. The monoisotopic (exact) mass is 295 g/mol.